The predicted molar refractivity (Wildman–Crippen MR) is 77.6 cm³/mol. The van der Waals surface area contributed by atoms with Crippen LogP contribution in [0.25, 0.3) is 0 Å². The third-order valence-corrected chi connectivity index (χ3v) is 3.64. The van der Waals surface area contributed by atoms with Gasteiger partial charge in [-0.05, 0) is 53.9 Å². The minimum Gasteiger partial charge on any atom is -0.489 e. The van der Waals surface area contributed by atoms with Crippen LogP contribution in [0.2, 0.25) is 5.02 Å². The minimum atomic E-state index is 0.578. The summed E-state index contributed by atoms with van der Waals surface area (Å²) >= 11 is 5.86. The number of rotatable bonds is 3. The number of nitrogens with one attached hydrogen (secondary N) is 1. The van der Waals surface area contributed by atoms with Gasteiger partial charge in [0.2, 0.25) is 0 Å². The average molecular weight is 274 g/mol. The summed E-state index contributed by atoms with van der Waals surface area (Å²) in [6.07, 6.45) is 1.08. The van der Waals surface area contributed by atoms with Gasteiger partial charge in [0.25, 0.3) is 0 Å². The highest BCUT2D eigenvalue weighted by Crippen LogP contribution is 2.21. The Morgan fingerprint density at radius 2 is 1.89 bits per heavy atom. The maximum absolute atomic E-state index is 5.86. The van der Waals surface area contributed by atoms with Crippen molar-refractivity contribution in [3.63, 3.8) is 0 Å². The van der Waals surface area contributed by atoms with E-state index >= 15 is 0 Å². The third-order valence-electron chi connectivity index (χ3n) is 3.38. The molecule has 3 heteroatoms. The molecule has 2 aromatic rings. The first kappa shape index (κ1) is 12.5. The van der Waals surface area contributed by atoms with Gasteiger partial charge in [0.05, 0.1) is 0 Å². The van der Waals surface area contributed by atoms with E-state index in [-0.39, 0.29) is 0 Å². The van der Waals surface area contributed by atoms with Crippen molar-refractivity contribution in [3.05, 3.63) is 64.2 Å². The Kier molecular flexibility index (Phi) is 3.72. The second-order valence-electron chi connectivity index (χ2n) is 4.77. The fourth-order valence-electron chi connectivity index (χ4n) is 2.29. The molecule has 1 N–H and O–H groups in total. The molecule has 0 aliphatic carbocycles. The first-order valence-corrected chi connectivity index (χ1v) is 6.89. The molecule has 0 fully saturated rings. The van der Waals surface area contributed by atoms with Crippen molar-refractivity contribution in [2.45, 2.75) is 19.6 Å². The monoisotopic (exact) mass is 273 g/mol. The van der Waals surface area contributed by atoms with E-state index in [0.717, 1.165) is 35.8 Å². The second-order valence-corrected chi connectivity index (χ2v) is 5.21. The zero-order chi connectivity index (χ0) is 13.1. The Balaban J connectivity index is 1.68. The van der Waals surface area contributed by atoms with E-state index in [0.29, 0.717) is 6.61 Å². The number of fused-ring (bicyclic) bond motifs is 1. The summed E-state index contributed by atoms with van der Waals surface area (Å²) in [7, 11) is 0. The molecule has 1 aliphatic rings. The standard InChI is InChI=1S/C16H16ClNO/c17-15-4-1-12(2-5-15)11-19-16-6-3-14-10-18-8-7-13(14)9-16/h1-6,9,18H,7-8,10-11H2. The largest absolute Gasteiger partial charge is 0.489 e. The molecule has 0 unspecified atom stereocenters. The van der Waals surface area contributed by atoms with Gasteiger partial charge in [-0.3, -0.25) is 0 Å². The lowest BCUT2D eigenvalue weighted by Gasteiger charge is -2.18. The molecule has 3 rings (SSSR count). The van der Waals surface area contributed by atoms with Crippen LogP contribution < -0.4 is 10.1 Å². The van der Waals surface area contributed by atoms with Gasteiger partial charge in [0.15, 0.2) is 0 Å². The Hall–Kier alpha value is -1.51. The van der Waals surface area contributed by atoms with E-state index in [9.17, 15) is 0 Å². The van der Waals surface area contributed by atoms with Crippen molar-refractivity contribution >= 4 is 11.6 Å². The summed E-state index contributed by atoms with van der Waals surface area (Å²) < 4.78 is 5.83. The van der Waals surface area contributed by atoms with E-state index in [1.165, 1.54) is 11.1 Å². The van der Waals surface area contributed by atoms with Crippen LogP contribution in [0.4, 0.5) is 0 Å². The number of hydrogen-bond donors (Lipinski definition) is 1. The smallest absolute Gasteiger partial charge is 0.120 e. The normalized spacial score (nSPS) is 13.9. The van der Waals surface area contributed by atoms with Crippen molar-refractivity contribution in [2.75, 3.05) is 6.54 Å². The minimum absolute atomic E-state index is 0.578. The summed E-state index contributed by atoms with van der Waals surface area (Å²) in [5, 5.41) is 4.12. The molecule has 1 aliphatic heterocycles. The molecule has 0 saturated carbocycles. The highest BCUT2D eigenvalue weighted by atomic mass is 35.5. The Morgan fingerprint density at radius 3 is 2.74 bits per heavy atom. The van der Waals surface area contributed by atoms with Crippen molar-refractivity contribution in [2.24, 2.45) is 0 Å². The second kappa shape index (κ2) is 5.64. The highest BCUT2D eigenvalue weighted by molar-refractivity contribution is 6.30. The fraction of sp³-hybridized carbons (Fsp3) is 0.250. The number of benzene rings is 2. The van der Waals surface area contributed by atoms with Crippen LogP contribution in [0.1, 0.15) is 16.7 Å². The van der Waals surface area contributed by atoms with Crippen LogP contribution in [-0.2, 0) is 19.6 Å². The molecule has 1 heterocycles. The van der Waals surface area contributed by atoms with Crippen LogP contribution in [0.3, 0.4) is 0 Å². The van der Waals surface area contributed by atoms with Crippen molar-refractivity contribution in [3.8, 4) is 5.75 Å². The molecule has 0 radical (unpaired) electrons. The van der Waals surface area contributed by atoms with Gasteiger partial charge >= 0.3 is 0 Å². The first-order chi connectivity index (χ1) is 9.31. The van der Waals surface area contributed by atoms with E-state index in [1.807, 2.05) is 30.3 Å². The lowest BCUT2D eigenvalue weighted by Crippen LogP contribution is -2.23. The molecule has 98 valence electrons. The molecule has 0 amide bonds. The maximum atomic E-state index is 5.86. The molecular formula is C16H16ClNO. The van der Waals surface area contributed by atoms with Crippen molar-refractivity contribution in [1.82, 2.24) is 5.32 Å². The van der Waals surface area contributed by atoms with Gasteiger partial charge in [-0.25, -0.2) is 0 Å². The Bertz CT molecular complexity index is 565. The van der Waals surface area contributed by atoms with Gasteiger partial charge in [0.1, 0.15) is 12.4 Å². The van der Waals surface area contributed by atoms with Gasteiger partial charge in [-0.15, -0.1) is 0 Å². The van der Waals surface area contributed by atoms with Crippen LogP contribution in [0.5, 0.6) is 5.75 Å². The van der Waals surface area contributed by atoms with Gasteiger partial charge in [-0.2, -0.15) is 0 Å². The average Bonchev–Trinajstić information content (AvgIpc) is 2.46. The third kappa shape index (κ3) is 3.09. The van der Waals surface area contributed by atoms with Gasteiger partial charge in [-0.1, -0.05) is 29.8 Å². The first-order valence-electron chi connectivity index (χ1n) is 6.51. The van der Waals surface area contributed by atoms with Crippen molar-refractivity contribution < 1.29 is 4.74 Å². The molecule has 0 saturated heterocycles. The summed E-state index contributed by atoms with van der Waals surface area (Å²) in [6, 6.07) is 14.1. The van der Waals surface area contributed by atoms with E-state index in [2.05, 4.69) is 17.4 Å². The van der Waals surface area contributed by atoms with E-state index in [1.54, 1.807) is 0 Å². The summed E-state index contributed by atoms with van der Waals surface area (Å²) in [5.41, 5.74) is 3.90. The molecular weight excluding hydrogens is 258 g/mol. The topological polar surface area (TPSA) is 21.3 Å². The van der Waals surface area contributed by atoms with Gasteiger partial charge in [0, 0.05) is 11.6 Å². The molecule has 0 atom stereocenters. The molecule has 0 aromatic heterocycles. The van der Waals surface area contributed by atoms with E-state index in [4.69, 9.17) is 16.3 Å². The lowest BCUT2D eigenvalue weighted by molar-refractivity contribution is 0.305. The zero-order valence-electron chi connectivity index (χ0n) is 10.7. The van der Waals surface area contributed by atoms with Crippen molar-refractivity contribution in [1.29, 1.82) is 0 Å². The van der Waals surface area contributed by atoms with Crippen LogP contribution >= 0.6 is 11.6 Å². The van der Waals surface area contributed by atoms with Crippen LogP contribution in [0.15, 0.2) is 42.5 Å². The molecule has 19 heavy (non-hydrogen) atoms. The van der Waals surface area contributed by atoms with Gasteiger partial charge < -0.3 is 10.1 Å². The number of halogens is 1. The Morgan fingerprint density at radius 1 is 1.05 bits per heavy atom. The molecule has 0 spiro atoms. The lowest BCUT2D eigenvalue weighted by atomic mass is 10.0. The summed E-state index contributed by atoms with van der Waals surface area (Å²) in [4.78, 5) is 0. The molecule has 2 nitrogen and oxygen atoms in total. The predicted octanol–water partition coefficient (Wildman–Crippen LogP) is 3.56. The highest BCUT2D eigenvalue weighted by Gasteiger charge is 2.09. The molecule has 0 bridgehead atoms. The van der Waals surface area contributed by atoms with E-state index < -0.39 is 0 Å². The number of ether oxygens (including phenoxy) is 1. The Labute approximate surface area is 118 Å². The summed E-state index contributed by atoms with van der Waals surface area (Å²) in [6.45, 7) is 2.59. The quantitative estimate of drug-likeness (QED) is 0.923. The summed E-state index contributed by atoms with van der Waals surface area (Å²) in [5.74, 6) is 0.940. The number of hydrogen-bond acceptors (Lipinski definition) is 2. The SMILES string of the molecule is Clc1ccc(COc2ccc3c(c2)CCNC3)cc1. The maximum Gasteiger partial charge on any atom is 0.120 e. The van der Waals surface area contributed by atoms with Crippen LogP contribution in [-0.4, -0.2) is 6.54 Å². The zero-order valence-corrected chi connectivity index (χ0v) is 11.4. The molecule has 2 aromatic carbocycles. The fourth-order valence-corrected chi connectivity index (χ4v) is 2.42. The van der Waals surface area contributed by atoms with Crippen LogP contribution in [0, 0.1) is 0 Å².